The summed E-state index contributed by atoms with van der Waals surface area (Å²) >= 11 is 3.53. The van der Waals surface area contributed by atoms with Crippen molar-refractivity contribution in [1.82, 2.24) is 0 Å². The number of esters is 1. The lowest BCUT2D eigenvalue weighted by Gasteiger charge is -2.20. The maximum atomic E-state index is 11.7. The van der Waals surface area contributed by atoms with Gasteiger partial charge in [0.2, 0.25) is 0 Å². The number of carbonyl (C=O) groups excluding carboxylic acids is 1. The van der Waals surface area contributed by atoms with Gasteiger partial charge in [0, 0.05) is 16.7 Å². The van der Waals surface area contributed by atoms with Crippen LogP contribution in [0.4, 0.5) is 5.69 Å². The molecule has 0 amide bonds. The minimum atomic E-state index is -0.275. The SMILES string of the molecule is CCOC(=O)c1ccc(NCC2CC3C=CC2C3)c(Br)c1. The van der Waals surface area contributed by atoms with E-state index in [0.717, 1.165) is 34.5 Å². The van der Waals surface area contributed by atoms with Crippen LogP contribution in [0, 0.1) is 17.8 Å². The molecule has 112 valence electrons. The number of hydrogen-bond donors (Lipinski definition) is 1. The molecule has 0 aromatic heterocycles. The largest absolute Gasteiger partial charge is 0.462 e. The van der Waals surface area contributed by atoms with Crippen molar-refractivity contribution < 1.29 is 9.53 Å². The average molecular weight is 350 g/mol. The van der Waals surface area contributed by atoms with Crippen molar-refractivity contribution >= 4 is 27.6 Å². The first-order chi connectivity index (χ1) is 10.2. The van der Waals surface area contributed by atoms with Gasteiger partial charge in [0.1, 0.15) is 0 Å². The van der Waals surface area contributed by atoms with E-state index in [1.54, 1.807) is 0 Å². The molecule has 1 saturated carbocycles. The molecular formula is C17H20BrNO2. The molecule has 3 atom stereocenters. The van der Waals surface area contributed by atoms with E-state index in [2.05, 4.69) is 33.4 Å². The highest BCUT2D eigenvalue weighted by Gasteiger charge is 2.35. The fraction of sp³-hybridized carbons (Fsp3) is 0.471. The highest BCUT2D eigenvalue weighted by molar-refractivity contribution is 9.10. The number of nitrogens with one attached hydrogen (secondary N) is 1. The summed E-state index contributed by atoms with van der Waals surface area (Å²) in [7, 11) is 0. The molecule has 1 N–H and O–H groups in total. The molecule has 2 aliphatic carbocycles. The van der Waals surface area contributed by atoms with Gasteiger partial charge in [-0.3, -0.25) is 0 Å². The molecule has 3 nitrogen and oxygen atoms in total. The van der Waals surface area contributed by atoms with E-state index in [4.69, 9.17) is 4.74 Å². The van der Waals surface area contributed by atoms with Gasteiger partial charge in [0.25, 0.3) is 0 Å². The van der Waals surface area contributed by atoms with E-state index in [1.807, 2.05) is 25.1 Å². The summed E-state index contributed by atoms with van der Waals surface area (Å²) < 4.78 is 5.92. The van der Waals surface area contributed by atoms with E-state index >= 15 is 0 Å². The molecule has 3 rings (SSSR count). The zero-order valence-electron chi connectivity index (χ0n) is 12.1. The van der Waals surface area contributed by atoms with Crippen molar-refractivity contribution in [2.24, 2.45) is 17.8 Å². The van der Waals surface area contributed by atoms with Crippen molar-refractivity contribution in [2.75, 3.05) is 18.5 Å². The van der Waals surface area contributed by atoms with Crippen molar-refractivity contribution in [1.29, 1.82) is 0 Å². The van der Waals surface area contributed by atoms with Gasteiger partial charge in [0.05, 0.1) is 12.2 Å². The fourth-order valence-electron chi connectivity index (χ4n) is 3.37. The first-order valence-corrected chi connectivity index (χ1v) is 8.35. The van der Waals surface area contributed by atoms with Gasteiger partial charge >= 0.3 is 5.97 Å². The molecule has 3 unspecified atom stereocenters. The number of hydrogen-bond acceptors (Lipinski definition) is 3. The number of benzene rings is 1. The zero-order chi connectivity index (χ0) is 14.8. The van der Waals surface area contributed by atoms with Crippen LogP contribution >= 0.6 is 15.9 Å². The normalized spacial score (nSPS) is 26.1. The maximum Gasteiger partial charge on any atom is 0.338 e. The van der Waals surface area contributed by atoms with Crippen LogP contribution in [0.3, 0.4) is 0 Å². The molecule has 2 bridgehead atoms. The number of allylic oxidation sites excluding steroid dienone is 2. The minimum Gasteiger partial charge on any atom is -0.462 e. The smallest absolute Gasteiger partial charge is 0.338 e. The van der Waals surface area contributed by atoms with E-state index in [-0.39, 0.29) is 5.97 Å². The molecule has 0 heterocycles. The van der Waals surface area contributed by atoms with Crippen LogP contribution in [0.15, 0.2) is 34.8 Å². The Kier molecular flexibility index (Phi) is 4.34. The summed E-state index contributed by atoms with van der Waals surface area (Å²) in [6, 6.07) is 5.58. The second-order valence-electron chi connectivity index (χ2n) is 5.84. The van der Waals surface area contributed by atoms with Crippen LogP contribution in [-0.4, -0.2) is 19.1 Å². The van der Waals surface area contributed by atoms with Gasteiger partial charge in [-0.15, -0.1) is 0 Å². The predicted octanol–water partition coefficient (Wildman–Crippen LogP) is 4.25. The minimum absolute atomic E-state index is 0.275. The van der Waals surface area contributed by atoms with Crippen LogP contribution < -0.4 is 5.32 Å². The molecule has 0 aliphatic heterocycles. The fourth-order valence-corrected chi connectivity index (χ4v) is 3.89. The molecule has 21 heavy (non-hydrogen) atoms. The summed E-state index contributed by atoms with van der Waals surface area (Å²) in [5.74, 6) is 2.01. The van der Waals surface area contributed by atoms with Crippen LogP contribution in [0.2, 0.25) is 0 Å². The highest BCUT2D eigenvalue weighted by atomic mass is 79.9. The second-order valence-corrected chi connectivity index (χ2v) is 6.69. The highest BCUT2D eigenvalue weighted by Crippen LogP contribution is 2.43. The molecule has 0 radical (unpaired) electrons. The predicted molar refractivity (Wildman–Crippen MR) is 87.4 cm³/mol. The molecule has 2 aliphatic rings. The van der Waals surface area contributed by atoms with Gasteiger partial charge in [-0.25, -0.2) is 4.79 Å². The first kappa shape index (κ1) is 14.6. The van der Waals surface area contributed by atoms with Crippen molar-refractivity contribution in [3.05, 3.63) is 40.4 Å². The average Bonchev–Trinajstić information content (AvgIpc) is 3.08. The lowest BCUT2D eigenvalue weighted by atomic mass is 9.93. The van der Waals surface area contributed by atoms with Crippen molar-refractivity contribution in [3.63, 3.8) is 0 Å². The lowest BCUT2D eigenvalue weighted by molar-refractivity contribution is 0.0526. The van der Waals surface area contributed by atoms with E-state index in [0.29, 0.717) is 12.2 Å². The first-order valence-electron chi connectivity index (χ1n) is 7.56. The monoisotopic (exact) mass is 349 g/mol. The number of rotatable bonds is 5. The Balaban J connectivity index is 1.61. The summed E-state index contributed by atoms with van der Waals surface area (Å²) in [6.45, 7) is 3.20. The zero-order valence-corrected chi connectivity index (χ0v) is 13.7. The maximum absolute atomic E-state index is 11.7. The third-order valence-corrected chi connectivity index (χ3v) is 5.11. The van der Waals surface area contributed by atoms with Gasteiger partial charge in [-0.1, -0.05) is 12.2 Å². The Morgan fingerprint density at radius 3 is 2.86 bits per heavy atom. The van der Waals surface area contributed by atoms with E-state index in [1.165, 1.54) is 12.8 Å². The quantitative estimate of drug-likeness (QED) is 0.637. The van der Waals surface area contributed by atoms with Crippen molar-refractivity contribution in [2.45, 2.75) is 19.8 Å². The molecule has 1 fully saturated rings. The molecule has 1 aromatic rings. The Morgan fingerprint density at radius 1 is 1.38 bits per heavy atom. The topological polar surface area (TPSA) is 38.3 Å². The Hall–Kier alpha value is -1.29. The number of carbonyl (C=O) groups is 1. The third-order valence-electron chi connectivity index (χ3n) is 4.45. The Labute approximate surface area is 133 Å². The van der Waals surface area contributed by atoms with Crippen LogP contribution in [0.25, 0.3) is 0 Å². The number of anilines is 1. The second kappa shape index (κ2) is 6.22. The van der Waals surface area contributed by atoms with Crippen LogP contribution in [0.1, 0.15) is 30.1 Å². The van der Waals surface area contributed by atoms with Crippen LogP contribution in [-0.2, 0) is 4.74 Å². The van der Waals surface area contributed by atoms with Crippen LogP contribution in [0.5, 0.6) is 0 Å². The van der Waals surface area contributed by atoms with Crippen molar-refractivity contribution in [3.8, 4) is 0 Å². The summed E-state index contributed by atoms with van der Waals surface area (Å²) in [5, 5.41) is 3.50. The third kappa shape index (κ3) is 3.15. The number of fused-ring (bicyclic) bond motifs is 2. The van der Waals surface area contributed by atoms with Gasteiger partial charge in [-0.05, 0) is 71.6 Å². The Bertz CT molecular complexity index is 570. The summed E-state index contributed by atoms with van der Waals surface area (Å²) in [6.07, 6.45) is 7.37. The summed E-state index contributed by atoms with van der Waals surface area (Å²) in [4.78, 5) is 11.7. The molecular weight excluding hydrogens is 330 g/mol. The van der Waals surface area contributed by atoms with E-state index in [9.17, 15) is 4.79 Å². The lowest BCUT2D eigenvalue weighted by Crippen LogP contribution is -2.18. The number of ether oxygens (including phenoxy) is 1. The summed E-state index contributed by atoms with van der Waals surface area (Å²) in [5.41, 5.74) is 1.62. The Morgan fingerprint density at radius 2 is 2.24 bits per heavy atom. The van der Waals surface area contributed by atoms with Gasteiger partial charge in [0.15, 0.2) is 0 Å². The molecule has 4 heteroatoms. The standard InChI is InChI=1S/C17H20BrNO2/c1-2-21-17(20)13-5-6-16(15(18)9-13)19-10-14-8-11-3-4-12(14)7-11/h3-6,9,11-12,14,19H,2,7-8,10H2,1H3. The number of halogens is 1. The molecule has 0 spiro atoms. The van der Waals surface area contributed by atoms with Gasteiger partial charge < -0.3 is 10.1 Å². The van der Waals surface area contributed by atoms with E-state index < -0.39 is 0 Å². The van der Waals surface area contributed by atoms with Gasteiger partial charge in [-0.2, -0.15) is 0 Å². The molecule has 1 aromatic carbocycles. The molecule has 0 saturated heterocycles.